The molecule has 0 fully saturated rings. The van der Waals surface area contributed by atoms with Gasteiger partial charge in [-0.25, -0.2) is 9.97 Å². The molecule has 5 heteroatoms. The van der Waals surface area contributed by atoms with Gasteiger partial charge >= 0.3 is 0 Å². The van der Waals surface area contributed by atoms with Gasteiger partial charge in [-0.3, -0.25) is 0 Å². The Morgan fingerprint density at radius 2 is 2.18 bits per heavy atom. The van der Waals surface area contributed by atoms with Crippen molar-refractivity contribution in [2.75, 3.05) is 0 Å². The summed E-state index contributed by atoms with van der Waals surface area (Å²) in [5.41, 5.74) is 7.68. The van der Waals surface area contributed by atoms with Gasteiger partial charge in [-0.1, -0.05) is 22.0 Å². The lowest BCUT2D eigenvalue weighted by molar-refractivity contribution is 0.932. The van der Waals surface area contributed by atoms with E-state index in [2.05, 4.69) is 25.9 Å². The number of hydrogen-bond acceptors (Lipinski definition) is 4. The van der Waals surface area contributed by atoms with Crippen LogP contribution in [0.25, 0.3) is 0 Å². The first-order chi connectivity index (χ1) is 8.19. The van der Waals surface area contributed by atoms with Gasteiger partial charge in [0, 0.05) is 27.8 Å². The van der Waals surface area contributed by atoms with Gasteiger partial charge in [0.15, 0.2) is 5.16 Å². The highest BCUT2D eigenvalue weighted by Crippen LogP contribution is 2.28. The van der Waals surface area contributed by atoms with Crippen molar-refractivity contribution >= 4 is 27.7 Å². The van der Waals surface area contributed by atoms with E-state index in [9.17, 15) is 0 Å². The van der Waals surface area contributed by atoms with Gasteiger partial charge in [-0.05, 0) is 42.4 Å². The van der Waals surface area contributed by atoms with E-state index in [1.807, 2.05) is 31.2 Å². The molecule has 0 unspecified atom stereocenters. The molecular weight excluding hydrogens is 298 g/mol. The molecule has 0 atom stereocenters. The lowest BCUT2D eigenvalue weighted by Gasteiger charge is -2.04. The summed E-state index contributed by atoms with van der Waals surface area (Å²) in [6.45, 7) is 2.49. The van der Waals surface area contributed by atoms with Gasteiger partial charge in [0.1, 0.15) is 0 Å². The van der Waals surface area contributed by atoms with Crippen LogP contribution in [0.5, 0.6) is 0 Å². The Bertz CT molecular complexity index is 531. The topological polar surface area (TPSA) is 51.8 Å². The maximum atomic E-state index is 5.61. The first kappa shape index (κ1) is 12.5. The van der Waals surface area contributed by atoms with Crippen molar-refractivity contribution in [3.05, 3.63) is 46.2 Å². The van der Waals surface area contributed by atoms with Gasteiger partial charge in [0.25, 0.3) is 0 Å². The van der Waals surface area contributed by atoms with Crippen LogP contribution < -0.4 is 5.73 Å². The molecule has 0 amide bonds. The molecule has 17 heavy (non-hydrogen) atoms. The van der Waals surface area contributed by atoms with Gasteiger partial charge < -0.3 is 5.73 Å². The molecule has 1 aromatic carbocycles. The monoisotopic (exact) mass is 309 g/mol. The normalized spacial score (nSPS) is 10.5. The SMILES string of the molecule is Cc1ccnc(Sc2ccc(CN)c(Br)c2)n1. The van der Waals surface area contributed by atoms with E-state index in [0.29, 0.717) is 6.54 Å². The number of benzene rings is 1. The highest BCUT2D eigenvalue weighted by Gasteiger charge is 2.04. The van der Waals surface area contributed by atoms with Crippen LogP contribution in [0.1, 0.15) is 11.3 Å². The summed E-state index contributed by atoms with van der Waals surface area (Å²) >= 11 is 5.04. The van der Waals surface area contributed by atoms with Gasteiger partial charge in [-0.2, -0.15) is 0 Å². The Kier molecular flexibility index (Phi) is 4.15. The number of nitrogens with zero attached hydrogens (tertiary/aromatic N) is 2. The first-order valence-electron chi connectivity index (χ1n) is 5.15. The predicted molar refractivity (Wildman–Crippen MR) is 72.9 cm³/mol. The summed E-state index contributed by atoms with van der Waals surface area (Å²) in [4.78, 5) is 9.67. The molecule has 0 saturated heterocycles. The molecule has 2 aromatic rings. The standard InChI is InChI=1S/C12H12BrN3S/c1-8-4-5-15-12(16-8)17-10-3-2-9(7-14)11(13)6-10/h2-6H,7,14H2,1H3. The van der Waals surface area contributed by atoms with Gasteiger partial charge in [0.05, 0.1) is 0 Å². The van der Waals surface area contributed by atoms with Crippen molar-refractivity contribution in [3.63, 3.8) is 0 Å². The Morgan fingerprint density at radius 1 is 1.35 bits per heavy atom. The number of halogens is 1. The van der Waals surface area contributed by atoms with E-state index in [4.69, 9.17) is 5.73 Å². The van der Waals surface area contributed by atoms with Gasteiger partial charge in [-0.15, -0.1) is 0 Å². The number of aryl methyl sites for hydroxylation is 1. The summed E-state index contributed by atoms with van der Waals surface area (Å²) in [6, 6.07) is 7.97. The van der Waals surface area contributed by atoms with Crippen LogP contribution in [0.4, 0.5) is 0 Å². The highest BCUT2D eigenvalue weighted by atomic mass is 79.9. The zero-order chi connectivity index (χ0) is 12.3. The Morgan fingerprint density at radius 3 is 2.82 bits per heavy atom. The van der Waals surface area contributed by atoms with Crippen LogP contribution in [-0.4, -0.2) is 9.97 Å². The zero-order valence-electron chi connectivity index (χ0n) is 9.35. The van der Waals surface area contributed by atoms with Crippen molar-refractivity contribution in [1.29, 1.82) is 0 Å². The molecule has 1 heterocycles. The second-order valence-electron chi connectivity index (χ2n) is 3.54. The second-order valence-corrected chi connectivity index (χ2v) is 5.44. The Hall–Kier alpha value is -0.910. The zero-order valence-corrected chi connectivity index (χ0v) is 11.8. The summed E-state index contributed by atoms with van der Waals surface area (Å²) in [5, 5.41) is 0.761. The minimum Gasteiger partial charge on any atom is -0.326 e. The van der Waals surface area contributed by atoms with Crippen molar-refractivity contribution in [2.24, 2.45) is 5.73 Å². The molecule has 2 N–H and O–H groups in total. The third-order valence-electron chi connectivity index (χ3n) is 2.23. The van der Waals surface area contributed by atoms with Crippen LogP contribution in [-0.2, 0) is 6.54 Å². The molecule has 0 aliphatic carbocycles. The van der Waals surface area contributed by atoms with Crippen molar-refractivity contribution in [3.8, 4) is 0 Å². The number of rotatable bonds is 3. The maximum absolute atomic E-state index is 5.61. The molecule has 2 rings (SSSR count). The summed E-state index contributed by atoms with van der Waals surface area (Å²) < 4.78 is 1.03. The third kappa shape index (κ3) is 3.28. The Balaban J connectivity index is 2.22. The van der Waals surface area contributed by atoms with Crippen molar-refractivity contribution in [2.45, 2.75) is 23.5 Å². The number of hydrogen-bond donors (Lipinski definition) is 1. The average Bonchev–Trinajstić information content (AvgIpc) is 2.29. The Labute approximate surface area is 113 Å². The molecule has 0 radical (unpaired) electrons. The van der Waals surface area contributed by atoms with Crippen molar-refractivity contribution in [1.82, 2.24) is 9.97 Å². The average molecular weight is 310 g/mol. The van der Waals surface area contributed by atoms with Crippen molar-refractivity contribution < 1.29 is 0 Å². The largest absolute Gasteiger partial charge is 0.326 e. The molecule has 88 valence electrons. The lowest BCUT2D eigenvalue weighted by atomic mass is 10.2. The van der Waals surface area contributed by atoms with E-state index in [-0.39, 0.29) is 0 Å². The number of aromatic nitrogens is 2. The fraction of sp³-hybridized carbons (Fsp3) is 0.167. The predicted octanol–water partition coefficient (Wildman–Crippen LogP) is 3.16. The second kappa shape index (κ2) is 5.62. The van der Waals surface area contributed by atoms with Crippen LogP contribution in [0, 0.1) is 6.92 Å². The molecule has 0 aliphatic rings. The van der Waals surface area contributed by atoms with E-state index in [1.54, 1.807) is 18.0 Å². The third-order valence-corrected chi connectivity index (χ3v) is 3.83. The quantitative estimate of drug-likeness (QED) is 0.885. The first-order valence-corrected chi connectivity index (χ1v) is 6.76. The smallest absolute Gasteiger partial charge is 0.192 e. The summed E-state index contributed by atoms with van der Waals surface area (Å²) in [5.74, 6) is 0. The molecule has 0 spiro atoms. The fourth-order valence-corrected chi connectivity index (χ4v) is 2.86. The molecule has 0 aliphatic heterocycles. The molecule has 3 nitrogen and oxygen atoms in total. The number of nitrogens with two attached hydrogens (primary N) is 1. The van der Waals surface area contributed by atoms with Crippen LogP contribution >= 0.6 is 27.7 Å². The molecule has 0 saturated carbocycles. The molecule has 0 bridgehead atoms. The minimum absolute atomic E-state index is 0.534. The van der Waals surface area contributed by atoms with E-state index in [1.165, 1.54) is 0 Å². The van der Waals surface area contributed by atoms with Crippen LogP contribution in [0.3, 0.4) is 0 Å². The summed E-state index contributed by atoms with van der Waals surface area (Å²) in [6.07, 6.45) is 1.77. The highest BCUT2D eigenvalue weighted by molar-refractivity contribution is 9.10. The molecule has 1 aromatic heterocycles. The molecular formula is C12H12BrN3S. The van der Waals surface area contributed by atoms with Gasteiger partial charge in [0.2, 0.25) is 0 Å². The van der Waals surface area contributed by atoms with E-state index < -0.39 is 0 Å². The van der Waals surface area contributed by atoms with Crippen LogP contribution in [0.15, 0.2) is 45.0 Å². The minimum atomic E-state index is 0.534. The van der Waals surface area contributed by atoms with Crippen LogP contribution in [0.2, 0.25) is 0 Å². The summed E-state index contributed by atoms with van der Waals surface area (Å²) in [7, 11) is 0. The van der Waals surface area contributed by atoms with E-state index in [0.717, 1.165) is 25.8 Å². The fourth-order valence-electron chi connectivity index (χ4n) is 1.34. The maximum Gasteiger partial charge on any atom is 0.192 e. The lowest BCUT2D eigenvalue weighted by Crippen LogP contribution is -1.97. The van der Waals surface area contributed by atoms with E-state index >= 15 is 0 Å².